The minimum atomic E-state index is -2.87. The standard InChI is InChI=1S/C13H14F2N2O2/c1-17-6-5-10(16-17)8-12(18)9-3-2-4-11(7-9)19-13(14)15/h2-7,12-13,18H,8H2,1H3. The number of hydrogen-bond acceptors (Lipinski definition) is 3. The van der Waals surface area contributed by atoms with Gasteiger partial charge in [0.1, 0.15) is 5.75 Å². The topological polar surface area (TPSA) is 47.3 Å². The number of benzene rings is 1. The lowest BCUT2D eigenvalue weighted by Gasteiger charge is -2.11. The molecule has 1 aromatic heterocycles. The quantitative estimate of drug-likeness (QED) is 0.905. The van der Waals surface area contributed by atoms with Crippen molar-refractivity contribution in [3.05, 3.63) is 47.8 Å². The number of rotatable bonds is 5. The molecule has 0 spiro atoms. The Morgan fingerprint density at radius 3 is 2.79 bits per heavy atom. The number of halogens is 2. The lowest BCUT2D eigenvalue weighted by atomic mass is 10.0. The van der Waals surface area contributed by atoms with E-state index in [1.807, 2.05) is 0 Å². The van der Waals surface area contributed by atoms with E-state index in [2.05, 4.69) is 9.84 Å². The van der Waals surface area contributed by atoms with Crippen LogP contribution in [0, 0.1) is 0 Å². The summed E-state index contributed by atoms with van der Waals surface area (Å²) in [6.45, 7) is -2.87. The zero-order chi connectivity index (χ0) is 13.8. The lowest BCUT2D eigenvalue weighted by molar-refractivity contribution is -0.0499. The van der Waals surface area contributed by atoms with Crippen LogP contribution in [0.15, 0.2) is 36.5 Å². The molecule has 0 aliphatic rings. The molecule has 1 N–H and O–H groups in total. The smallest absolute Gasteiger partial charge is 0.387 e. The molecule has 0 saturated heterocycles. The van der Waals surface area contributed by atoms with Crippen LogP contribution in [0.5, 0.6) is 5.75 Å². The van der Waals surface area contributed by atoms with Crippen molar-refractivity contribution in [2.45, 2.75) is 19.1 Å². The Bertz CT molecular complexity index is 543. The fourth-order valence-electron chi connectivity index (χ4n) is 1.79. The molecule has 2 aromatic rings. The van der Waals surface area contributed by atoms with Gasteiger partial charge >= 0.3 is 6.61 Å². The van der Waals surface area contributed by atoms with Gasteiger partial charge in [-0.15, -0.1) is 0 Å². The molecule has 1 aromatic carbocycles. The first kappa shape index (κ1) is 13.5. The molecular formula is C13H14F2N2O2. The molecule has 1 unspecified atom stereocenters. The van der Waals surface area contributed by atoms with Crippen LogP contribution in [0.2, 0.25) is 0 Å². The van der Waals surface area contributed by atoms with Crippen molar-refractivity contribution in [3.63, 3.8) is 0 Å². The minimum absolute atomic E-state index is 0.0348. The number of aliphatic hydroxyl groups is 1. The van der Waals surface area contributed by atoms with Crippen molar-refractivity contribution in [1.29, 1.82) is 0 Å². The highest BCUT2D eigenvalue weighted by Crippen LogP contribution is 2.23. The first-order valence-electron chi connectivity index (χ1n) is 5.76. The zero-order valence-electron chi connectivity index (χ0n) is 10.3. The Balaban J connectivity index is 2.08. The first-order chi connectivity index (χ1) is 9.04. The van der Waals surface area contributed by atoms with Gasteiger partial charge in [-0.3, -0.25) is 4.68 Å². The fourth-order valence-corrected chi connectivity index (χ4v) is 1.79. The summed E-state index contributed by atoms with van der Waals surface area (Å²) in [6, 6.07) is 7.84. The minimum Gasteiger partial charge on any atom is -0.435 e. The van der Waals surface area contributed by atoms with Crippen LogP contribution < -0.4 is 4.74 Å². The summed E-state index contributed by atoms with van der Waals surface area (Å²) < 4.78 is 30.1. The van der Waals surface area contributed by atoms with Gasteiger partial charge in [0.05, 0.1) is 11.8 Å². The summed E-state index contributed by atoms with van der Waals surface area (Å²) >= 11 is 0. The Hall–Kier alpha value is -1.95. The number of nitrogens with zero attached hydrogens (tertiary/aromatic N) is 2. The second-order valence-electron chi connectivity index (χ2n) is 4.15. The van der Waals surface area contributed by atoms with E-state index in [0.29, 0.717) is 12.0 Å². The molecule has 6 heteroatoms. The van der Waals surface area contributed by atoms with Crippen LogP contribution >= 0.6 is 0 Å². The molecule has 0 amide bonds. The highest BCUT2D eigenvalue weighted by atomic mass is 19.3. The van der Waals surface area contributed by atoms with Gasteiger partial charge in [-0.1, -0.05) is 12.1 Å². The van der Waals surface area contributed by atoms with Crippen LogP contribution in [0.1, 0.15) is 17.4 Å². The van der Waals surface area contributed by atoms with E-state index < -0.39 is 12.7 Å². The highest BCUT2D eigenvalue weighted by Gasteiger charge is 2.12. The highest BCUT2D eigenvalue weighted by molar-refractivity contribution is 5.30. The monoisotopic (exact) mass is 268 g/mol. The molecule has 102 valence electrons. The number of aryl methyl sites for hydroxylation is 1. The van der Waals surface area contributed by atoms with E-state index in [1.54, 1.807) is 36.1 Å². The van der Waals surface area contributed by atoms with E-state index in [9.17, 15) is 13.9 Å². The summed E-state index contributed by atoms with van der Waals surface area (Å²) in [5, 5.41) is 14.2. The molecule has 19 heavy (non-hydrogen) atoms. The van der Waals surface area contributed by atoms with Gasteiger partial charge in [0.15, 0.2) is 0 Å². The van der Waals surface area contributed by atoms with Gasteiger partial charge in [-0.25, -0.2) is 0 Å². The largest absolute Gasteiger partial charge is 0.435 e. The van der Waals surface area contributed by atoms with Crippen LogP contribution in [-0.4, -0.2) is 21.5 Å². The van der Waals surface area contributed by atoms with Gasteiger partial charge in [0.2, 0.25) is 0 Å². The van der Waals surface area contributed by atoms with Crippen molar-refractivity contribution in [2.24, 2.45) is 7.05 Å². The molecule has 0 saturated carbocycles. The SMILES string of the molecule is Cn1ccc(CC(O)c2cccc(OC(F)F)c2)n1. The number of aliphatic hydroxyl groups excluding tert-OH is 1. The second kappa shape index (κ2) is 5.79. The Kier molecular flexibility index (Phi) is 4.11. The third kappa shape index (κ3) is 3.75. The molecule has 1 atom stereocenters. The predicted molar refractivity (Wildman–Crippen MR) is 64.9 cm³/mol. The maximum atomic E-state index is 12.1. The summed E-state index contributed by atoms with van der Waals surface area (Å²) in [4.78, 5) is 0. The third-order valence-corrected chi connectivity index (χ3v) is 2.64. The number of alkyl halides is 2. The summed E-state index contributed by atoms with van der Waals surface area (Å²) in [7, 11) is 1.78. The molecule has 0 aliphatic carbocycles. The van der Waals surface area contributed by atoms with Crippen molar-refractivity contribution in [2.75, 3.05) is 0 Å². The van der Waals surface area contributed by atoms with Crippen LogP contribution in [-0.2, 0) is 13.5 Å². The molecule has 0 radical (unpaired) electrons. The van der Waals surface area contributed by atoms with E-state index in [-0.39, 0.29) is 5.75 Å². The maximum Gasteiger partial charge on any atom is 0.387 e. The summed E-state index contributed by atoms with van der Waals surface area (Å²) in [5.74, 6) is 0.0348. The maximum absolute atomic E-state index is 12.1. The molecule has 0 bridgehead atoms. The van der Waals surface area contributed by atoms with E-state index in [1.165, 1.54) is 12.1 Å². The number of hydrogen-bond donors (Lipinski definition) is 1. The zero-order valence-corrected chi connectivity index (χ0v) is 10.3. The molecule has 1 heterocycles. The number of aromatic nitrogens is 2. The Labute approximate surface area is 109 Å². The Morgan fingerprint density at radius 2 is 2.16 bits per heavy atom. The van der Waals surface area contributed by atoms with Gasteiger partial charge in [0.25, 0.3) is 0 Å². The van der Waals surface area contributed by atoms with Crippen LogP contribution in [0.25, 0.3) is 0 Å². The first-order valence-corrected chi connectivity index (χ1v) is 5.76. The van der Waals surface area contributed by atoms with Gasteiger partial charge in [-0.05, 0) is 23.8 Å². The van der Waals surface area contributed by atoms with Crippen molar-refractivity contribution >= 4 is 0 Å². The van der Waals surface area contributed by atoms with E-state index >= 15 is 0 Å². The van der Waals surface area contributed by atoms with Crippen LogP contribution in [0.4, 0.5) is 8.78 Å². The normalized spacial score (nSPS) is 12.7. The molecule has 0 aliphatic heterocycles. The average Bonchev–Trinajstić information content (AvgIpc) is 2.74. The lowest BCUT2D eigenvalue weighted by Crippen LogP contribution is -2.05. The third-order valence-electron chi connectivity index (χ3n) is 2.64. The van der Waals surface area contributed by atoms with Crippen molar-refractivity contribution in [1.82, 2.24) is 9.78 Å². The Morgan fingerprint density at radius 1 is 1.37 bits per heavy atom. The second-order valence-corrected chi connectivity index (χ2v) is 4.15. The summed E-state index contributed by atoms with van der Waals surface area (Å²) in [6.07, 6.45) is 1.29. The van der Waals surface area contributed by atoms with Crippen molar-refractivity contribution in [3.8, 4) is 5.75 Å². The van der Waals surface area contributed by atoms with Gasteiger partial charge in [0, 0.05) is 19.7 Å². The number of ether oxygens (including phenoxy) is 1. The van der Waals surface area contributed by atoms with E-state index in [0.717, 1.165) is 5.69 Å². The summed E-state index contributed by atoms with van der Waals surface area (Å²) in [5.41, 5.74) is 1.25. The predicted octanol–water partition coefficient (Wildman–Crippen LogP) is 2.30. The molecule has 0 fully saturated rings. The van der Waals surface area contributed by atoms with Gasteiger partial charge < -0.3 is 9.84 Å². The van der Waals surface area contributed by atoms with Gasteiger partial charge in [-0.2, -0.15) is 13.9 Å². The molecule has 2 rings (SSSR count). The van der Waals surface area contributed by atoms with Crippen molar-refractivity contribution < 1.29 is 18.6 Å². The molecular weight excluding hydrogens is 254 g/mol. The average molecular weight is 268 g/mol. The van der Waals surface area contributed by atoms with E-state index in [4.69, 9.17) is 0 Å². The molecule has 4 nitrogen and oxygen atoms in total. The van der Waals surface area contributed by atoms with Crippen LogP contribution in [0.3, 0.4) is 0 Å². The fraction of sp³-hybridized carbons (Fsp3) is 0.308.